The first-order valence-corrected chi connectivity index (χ1v) is 8.57. The predicted octanol–water partition coefficient (Wildman–Crippen LogP) is 2.82. The molecule has 0 radical (unpaired) electrons. The Kier molecular flexibility index (Phi) is 4.02. The molecule has 2 fully saturated rings. The topological polar surface area (TPSA) is 46.5 Å². The lowest BCUT2D eigenvalue weighted by molar-refractivity contribution is 0.206. The molecular formula is C19H23N3O2. The molecule has 126 valence electrons. The van der Waals surface area contributed by atoms with E-state index in [1.54, 1.807) is 11.7 Å². The van der Waals surface area contributed by atoms with Crippen molar-refractivity contribution >= 4 is 6.03 Å². The van der Waals surface area contributed by atoms with Crippen molar-refractivity contribution in [3.8, 4) is 16.9 Å². The van der Waals surface area contributed by atoms with E-state index in [2.05, 4.69) is 10.2 Å². The second-order valence-corrected chi connectivity index (χ2v) is 6.80. The van der Waals surface area contributed by atoms with Crippen LogP contribution in [0.4, 0.5) is 4.79 Å². The number of hydrogen-bond acceptors (Lipinski definition) is 3. The van der Waals surface area contributed by atoms with Crippen molar-refractivity contribution < 1.29 is 9.53 Å². The van der Waals surface area contributed by atoms with Crippen LogP contribution in [-0.2, 0) is 0 Å². The minimum Gasteiger partial charge on any atom is -0.496 e. The van der Waals surface area contributed by atoms with Crippen molar-refractivity contribution in [2.24, 2.45) is 5.92 Å². The first-order valence-electron chi connectivity index (χ1n) is 8.57. The van der Waals surface area contributed by atoms with Crippen LogP contribution in [0.1, 0.15) is 12.8 Å². The number of carbonyl (C=O) groups excluding carboxylic acids is 1. The summed E-state index contributed by atoms with van der Waals surface area (Å²) in [5.74, 6) is 1.56. The number of piperidine rings is 1. The van der Waals surface area contributed by atoms with E-state index in [9.17, 15) is 4.79 Å². The maximum absolute atomic E-state index is 12.5. The molecule has 1 amide bonds. The van der Waals surface area contributed by atoms with Crippen molar-refractivity contribution in [3.05, 3.63) is 42.7 Å². The standard InChI is InChI=1S/C19H23N3O2/c1-24-18-5-3-2-4-17(18)15-7-9-22(12-15)19(23)20-16-10-14-6-8-21(11-14)13-16/h2-5,7,9,12,14,16H,6,8,10-11,13H2,1H3,(H,20,23)/t14-,16-/m1/s1. The number of benzene rings is 1. The summed E-state index contributed by atoms with van der Waals surface area (Å²) in [6.45, 7) is 3.36. The number of aromatic nitrogens is 1. The fourth-order valence-electron chi connectivity index (χ4n) is 3.98. The van der Waals surface area contributed by atoms with Gasteiger partial charge in [-0.15, -0.1) is 0 Å². The number of carbonyl (C=O) groups is 1. The average molecular weight is 325 g/mol. The van der Waals surface area contributed by atoms with Gasteiger partial charge >= 0.3 is 6.03 Å². The van der Waals surface area contributed by atoms with Gasteiger partial charge in [-0.2, -0.15) is 0 Å². The lowest BCUT2D eigenvalue weighted by Gasteiger charge is -2.30. The molecule has 1 N–H and O–H groups in total. The molecule has 2 aliphatic rings. The Balaban J connectivity index is 1.47. The van der Waals surface area contributed by atoms with Crippen LogP contribution in [0.3, 0.4) is 0 Å². The number of amides is 1. The molecule has 1 unspecified atom stereocenters. The fourth-order valence-corrected chi connectivity index (χ4v) is 3.98. The van der Waals surface area contributed by atoms with Crippen LogP contribution in [0.15, 0.2) is 42.7 Å². The van der Waals surface area contributed by atoms with Crippen molar-refractivity contribution in [2.45, 2.75) is 18.9 Å². The number of methoxy groups -OCH3 is 1. The highest BCUT2D eigenvalue weighted by Gasteiger charge is 2.33. The number of rotatable bonds is 3. The molecule has 5 heteroatoms. The van der Waals surface area contributed by atoms with Crippen molar-refractivity contribution in [2.75, 3.05) is 26.7 Å². The Morgan fingerprint density at radius 2 is 2.12 bits per heavy atom. The minimum atomic E-state index is -0.0522. The van der Waals surface area contributed by atoms with Crippen LogP contribution in [0.2, 0.25) is 0 Å². The Bertz CT molecular complexity index is 728. The van der Waals surface area contributed by atoms with Crippen LogP contribution in [0, 0.1) is 5.92 Å². The molecule has 0 saturated carbocycles. The SMILES string of the molecule is COc1ccccc1-c1ccn(C(=O)N[C@@H]2C[C@H]3CCN(C3)C2)c1. The van der Waals surface area contributed by atoms with Crippen LogP contribution in [0.5, 0.6) is 5.75 Å². The van der Waals surface area contributed by atoms with Crippen molar-refractivity contribution in [3.63, 3.8) is 0 Å². The fraction of sp³-hybridized carbons (Fsp3) is 0.421. The lowest BCUT2D eigenvalue weighted by atomic mass is 9.97. The molecule has 3 atom stereocenters. The predicted molar refractivity (Wildman–Crippen MR) is 93.3 cm³/mol. The first-order chi connectivity index (χ1) is 11.7. The summed E-state index contributed by atoms with van der Waals surface area (Å²) in [7, 11) is 1.66. The van der Waals surface area contributed by atoms with Crippen LogP contribution in [0.25, 0.3) is 11.1 Å². The quantitative estimate of drug-likeness (QED) is 0.944. The maximum Gasteiger partial charge on any atom is 0.325 e. The highest BCUT2D eigenvalue weighted by atomic mass is 16.5. The monoisotopic (exact) mass is 325 g/mol. The number of ether oxygens (including phenoxy) is 1. The molecule has 1 aromatic carbocycles. The molecule has 2 saturated heterocycles. The summed E-state index contributed by atoms with van der Waals surface area (Å²) in [4.78, 5) is 15.0. The summed E-state index contributed by atoms with van der Waals surface area (Å²) >= 11 is 0. The third-order valence-electron chi connectivity index (χ3n) is 5.14. The van der Waals surface area contributed by atoms with Crippen molar-refractivity contribution in [1.29, 1.82) is 0 Å². The van der Waals surface area contributed by atoms with Gasteiger partial charge in [0.1, 0.15) is 5.75 Å². The van der Waals surface area contributed by atoms with E-state index in [0.717, 1.165) is 35.8 Å². The Labute approximate surface area is 142 Å². The van der Waals surface area contributed by atoms with E-state index in [0.29, 0.717) is 0 Å². The molecule has 24 heavy (non-hydrogen) atoms. The summed E-state index contributed by atoms with van der Waals surface area (Å²) in [6, 6.07) is 10.0. The summed E-state index contributed by atoms with van der Waals surface area (Å²) in [6.07, 6.45) is 6.05. The molecular weight excluding hydrogens is 302 g/mol. The van der Waals surface area contributed by atoms with E-state index in [-0.39, 0.29) is 12.1 Å². The third-order valence-corrected chi connectivity index (χ3v) is 5.14. The van der Waals surface area contributed by atoms with E-state index in [4.69, 9.17) is 4.74 Å². The normalized spacial score (nSPS) is 25.5. The zero-order valence-electron chi connectivity index (χ0n) is 13.9. The van der Waals surface area contributed by atoms with Crippen LogP contribution < -0.4 is 10.1 Å². The molecule has 2 bridgehead atoms. The Morgan fingerprint density at radius 1 is 1.25 bits per heavy atom. The zero-order valence-corrected chi connectivity index (χ0v) is 13.9. The number of para-hydroxylation sites is 1. The van der Waals surface area contributed by atoms with Gasteiger partial charge in [-0.3, -0.25) is 4.57 Å². The molecule has 3 heterocycles. The smallest absolute Gasteiger partial charge is 0.325 e. The summed E-state index contributed by atoms with van der Waals surface area (Å²) < 4.78 is 7.04. The largest absolute Gasteiger partial charge is 0.496 e. The summed E-state index contributed by atoms with van der Waals surface area (Å²) in [5, 5.41) is 3.18. The highest BCUT2D eigenvalue weighted by molar-refractivity contribution is 5.80. The second-order valence-electron chi connectivity index (χ2n) is 6.80. The molecule has 2 aliphatic heterocycles. The second kappa shape index (κ2) is 6.32. The van der Waals surface area contributed by atoms with Gasteiger partial charge in [0.25, 0.3) is 0 Å². The average Bonchev–Trinajstić information content (AvgIpc) is 3.22. The number of hydrogen-bond donors (Lipinski definition) is 1. The third kappa shape index (κ3) is 2.91. The molecule has 2 aromatic rings. The van der Waals surface area contributed by atoms with Gasteiger partial charge in [-0.25, -0.2) is 4.79 Å². The maximum atomic E-state index is 12.5. The van der Waals surface area contributed by atoms with Crippen LogP contribution in [-0.4, -0.2) is 48.3 Å². The van der Waals surface area contributed by atoms with Gasteiger partial charge in [0.15, 0.2) is 0 Å². The van der Waals surface area contributed by atoms with Gasteiger partial charge in [0.05, 0.1) is 7.11 Å². The minimum absolute atomic E-state index is 0.0522. The van der Waals surface area contributed by atoms with Gasteiger partial charge in [-0.1, -0.05) is 18.2 Å². The molecule has 0 spiro atoms. The zero-order chi connectivity index (χ0) is 16.5. The van der Waals surface area contributed by atoms with Gasteiger partial charge in [0.2, 0.25) is 0 Å². The number of fused-ring (bicyclic) bond motifs is 2. The highest BCUT2D eigenvalue weighted by Crippen LogP contribution is 2.30. The van der Waals surface area contributed by atoms with Crippen LogP contribution >= 0.6 is 0 Å². The first kappa shape index (κ1) is 15.3. The number of nitrogens with zero attached hydrogens (tertiary/aromatic N) is 2. The van der Waals surface area contributed by atoms with E-state index < -0.39 is 0 Å². The molecule has 4 rings (SSSR count). The van der Waals surface area contributed by atoms with E-state index >= 15 is 0 Å². The summed E-state index contributed by atoms with van der Waals surface area (Å²) in [5.41, 5.74) is 1.98. The Morgan fingerprint density at radius 3 is 2.96 bits per heavy atom. The molecule has 5 nitrogen and oxygen atoms in total. The van der Waals surface area contributed by atoms with E-state index in [1.807, 2.05) is 42.7 Å². The molecule has 1 aromatic heterocycles. The van der Waals surface area contributed by atoms with Crippen molar-refractivity contribution in [1.82, 2.24) is 14.8 Å². The Hall–Kier alpha value is -2.27. The van der Waals surface area contributed by atoms with Gasteiger partial charge in [-0.05, 0) is 37.4 Å². The van der Waals surface area contributed by atoms with Gasteiger partial charge < -0.3 is 15.0 Å². The lowest BCUT2D eigenvalue weighted by Crippen LogP contribution is -2.47. The van der Waals surface area contributed by atoms with Gasteiger partial charge in [0, 0.05) is 42.7 Å². The number of nitrogens with one attached hydrogen (secondary N) is 1. The molecule has 0 aliphatic carbocycles. The van der Waals surface area contributed by atoms with E-state index in [1.165, 1.54) is 19.5 Å².